The Morgan fingerprint density at radius 3 is 2.59 bits per heavy atom. The lowest BCUT2D eigenvalue weighted by Crippen LogP contribution is -2.31. The highest BCUT2D eigenvalue weighted by Crippen LogP contribution is 2.14. The van der Waals surface area contributed by atoms with Crippen LogP contribution < -0.4 is 11.2 Å². The van der Waals surface area contributed by atoms with Gasteiger partial charge < -0.3 is 10.0 Å². The van der Waals surface area contributed by atoms with Crippen molar-refractivity contribution in [1.29, 1.82) is 0 Å². The smallest absolute Gasteiger partial charge is 0.335 e. The van der Waals surface area contributed by atoms with E-state index in [-0.39, 0.29) is 5.56 Å². The third kappa shape index (κ3) is 3.50. The fraction of sp³-hybridized carbons (Fsp3) is 0.267. The van der Waals surface area contributed by atoms with Gasteiger partial charge in [0, 0.05) is 12.8 Å². The van der Waals surface area contributed by atoms with Crippen LogP contribution in [0.1, 0.15) is 5.56 Å². The van der Waals surface area contributed by atoms with E-state index in [2.05, 4.69) is 9.98 Å². The molecule has 0 atom stereocenters. The highest BCUT2D eigenvalue weighted by atomic mass is 16.3. The number of nitrogens with zero attached hydrogens (tertiary/aromatic N) is 3. The number of benzene rings is 1. The van der Waals surface area contributed by atoms with Crippen LogP contribution in [0.15, 0.2) is 44.9 Å². The van der Waals surface area contributed by atoms with Gasteiger partial charge in [-0.1, -0.05) is 18.2 Å². The maximum absolute atomic E-state index is 11.9. The SMILES string of the molecule is CN(C)CCN=Cc1c(O)n(-c2ccccc2)c(=O)[nH]c1=O. The third-order valence-corrected chi connectivity index (χ3v) is 3.03. The summed E-state index contributed by atoms with van der Waals surface area (Å²) in [4.78, 5) is 32.0. The van der Waals surface area contributed by atoms with Crippen molar-refractivity contribution in [1.82, 2.24) is 14.5 Å². The van der Waals surface area contributed by atoms with Crippen LogP contribution >= 0.6 is 0 Å². The number of aromatic amines is 1. The Balaban J connectivity index is 2.44. The van der Waals surface area contributed by atoms with Gasteiger partial charge in [-0.3, -0.25) is 14.8 Å². The molecular formula is C15H18N4O3. The number of hydrogen-bond donors (Lipinski definition) is 2. The van der Waals surface area contributed by atoms with E-state index in [0.717, 1.165) is 4.57 Å². The van der Waals surface area contributed by atoms with Crippen molar-refractivity contribution < 1.29 is 5.11 Å². The van der Waals surface area contributed by atoms with E-state index in [9.17, 15) is 14.7 Å². The largest absolute Gasteiger partial charge is 0.493 e. The van der Waals surface area contributed by atoms with E-state index in [1.54, 1.807) is 30.3 Å². The lowest BCUT2D eigenvalue weighted by Gasteiger charge is -2.09. The minimum atomic E-state index is -0.695. The predicted molar refractivity (Wildman–Crippen MR) is 85.3 cm³/mol. The number of aliphatic imine (C=N–C) groups is 1. The molecule has 2 N–H and O–H groups in total. The van der Waals surface area contributed by atoms with Crippen molar-refractivity contribution >= 4 is 6.21 Å². The van der Waals surface area contributed by atoms with Gasteiger partial charge in [-0.2, -0.15) is 0 Å². The first-order valence-corrected chi connectivity index (χ1v) is 6.79. The van der Waals surface area contributed by atoms with Gasteiger partial charge in [0.1, 0.15) is 5.56 Å². The molecule has 0 unspecified atom stereocenters. The standard InChI is InChI=1S/C15H18N4O3/c1-18(2)9-8-16-10-12-13(20)17-15(22)19(14(12)21)11-6-4-3-5-7-11/h3-7,10,21H,8-9H2,1-2H3,(H,17,20,22). The van der Waals surface area contributed by atoms with Gasteiger partial charge in [0.25, 0.3) is 5.56 Å². The minimum Gasteiger partial charge on any atom is -0.493 e. The summed E-state index contributed by atoms with van der Waals surface area (Å²) >= 11 is 0. The molecule has 7 heteroatoms. The van der Waals surface area contributed by atoms with Crippen LogP contribution in [0.4, 0.5) is 0 Å². The molecule has 0 aliphatic carbocycles. The van der Waals surface area contributed by atoms with Gasteiger partial charge in [-0.25, -0.2) is 9.36 Å². The van der Waals surface area contributed by atoms with Crippen LogP contribution in [0.2, 0.25) is 0 Å². The molecule has 1 heterocycles. The van der Waals surface area contributed by atoms with Crippen LogP contribution in [0.25, 0.3) is 5.69 Å². The van der Waals surface area contributed by atoms with Gasteiger partial charge in [0.2, 0.25) is 5.88 Å². The topological polar surface area (TPSA) is 90.7 Å². The molecule has 0 fully saturated rings. The Kier molecular flexibility index (Phi) is 4.90. The summed E-state index contributed by atoms with van der Waals surface area (Å²) < 4.78 is 1.04. The van der Waals surface area contributed by atoms with Gasteiger partial charge in [-0.05, 0) is 26.2 Å². The number of nitrogens with one attached hydrogen (secondary N) is 1. The van der Waals surface area contributed by atoms with Crippen molar-refractivity contribution in [3.8, 4) is 11.6 Å². The Hall–Kier alpha value is -2.67. The summed E-state index contributed by atoms with van der Waals surface area (Å²) in [6.45, 7) is 1.20. The number of para-hydroxylation sites is 1. The average Bonchev–Trinajstić information content (AvgIpc) is 2.46. The second-order valence-corrected chi connectivity index (χ2v) is 5.01. The molecular weight excluding hydrogens is 284 g/mol. The maximum atomic E-state index is 11.9. The van der Waals surface area contributed by atoms with Crippen molar-refractivity contribution in [2.75, 3.05) is 27.2 Å². The molecule has 0 saturated carbocycles. The zero-order valence-electron chi connectivity index (χ0n) is 12.5. The summed E-state index contributed by atoms with van der Waals surface area (Å²) in [5.41, 5.74) is -0.936. The predicted octanol–water partition coefficient (Wildman–Crippen LogP) is 0.212. The van der Waals surface area contributed by atoms with E-state index in [0.29, 0.717) is 18.8 Å². The van der Waals surface area contributed by atoms with E-state index in [1.165, 1.54) is 6.21 Å². The molecule has 1 aromatic heterocycles. The molecule has 7 nitrogen and oxygen atoms in total. The van der Waals surface area contributed by atoms with Crippen molar-refractivity contribution in [3.05, 3.63) is 56.7 Å². The van der Waals surface area contributed by atoms with Gasteiger partial charge >= 0.3 is 5.69 Å². The Morgan fingerprint density at radius 1 is 1.27 bits per heavy atom. The molecule has 116 valence electrons. The summed E-state index contributed by atoms with van der Waals surface area (Å²) in [7, 11) is 3.82. The molecule has 2 rings (SSSR count). The van der Waals surface area contributed by atoms with Crippen molar-refractivity contribution in [2.45, 2.75) is 0 Å². The Bertz CT molecular complexity index is 776. The van der Waals surface area contributed by atoms with E-state index < -0.39 is 17.1 Å². The highest BCUT2D eigenvalue weighted by molar-refractivity contribution is 5.82. The first kappa shape index (κ1) is 15.7. The van der Waals surface area contributed by atoms with Crippen molar-refractivity contribution in [2.24, 2.45) is 4.99 Å². The second-order valence-electron chi connectivity index (χ2n) is 5.01. The molecule has 0 amide bonds. The Morgan fingerprint density at radius 2 is 1.95 bits per heavy atom. The summed E-state index contributed by atoms with van der Waals surface area (Å²) in [6.07, 6.45) is 1.29. The first-order chi connectivity index (χ1) is 10.5. The summed E-state index contributed by atoms with van der Waals surface area (Å²) in [5.74, 6) is -0.423. The van der Waals surface area contributed by atoms with Gasteiger partial charge in [-0.15, -0.1) is 0 Å². The monoisotopic (exact) mass is 302 g/mol. The van der Waals surface area contributed by atoms with E-state index >= 15 is 0 Å². The van der Waals surface area contributed by atoms with Crippen LogP contribution in [-0.4, -0.2) is 53.0 Å². The van der Waals surface area contributed by atoms with Crippen LogP contribution in [0.3, 0.4) is 0 Å². The minimum absolute atomic E-state index is 0.0396. The fourth-order valence-corrected chi connectivity index (χ4v) is 1.89. The molecule has 1 aromatic carbocycles. The van der Waals surface area contributed by atoms with Crippen LogP contribution in [-0.2, 0) is 0 Å². The lowest BCUT2D eigenvalue weighted by atomic mass is 10.3. The maximum Gasteiger partial charge on any atom is 0.335 e. The highest BCUT2D eigenvalue weighted by Gasteiger charge is 2.13. The van der Waals surface area contributed by atoms with Crippen molar-refractivity contribution in [3.63, 3.8) is 0 Å². The lowest BCUT2D eigenvalue weighted by molar-refractivity contribution is 0.420. The number of hydrogen-bond acceptors (Lipinski definition) is 5. The number of aromatic hydroxyl groups is 1. The molecule has 0 saturated heterocycles. The second kappa shape index (κ2) is 6.86. The molecule has 0 bridgehead atoms. The van der Waals surface area contributed by atoms with Crippen LogP contribution in [0.5, 0.6) is 5.88 Å². The van der Waals surface area contributed by atoms with Crippen LogP contribution in [0, 0.1) is 0 Å². The quantitative estimate of drug-likeness (QED) is 0.773. The van der Waals surface area contributed by atoms with E-state index in [4.69, 9.17) is 0 Å². The molecule has 0 aliphatic rings. The normalized spacial score (nSPS) is 11.4. The first-order valence-electron chi connectivity index (χ1n) is 6.79. The Labute approximate surface area is 127 Å². The molecule has 0 radical (unpaired) electrons. The zero-order valence-corrected chi connectivity index (χ0v) is 12.5. The summed E-state index contributed by atoms with van der Waals surface area (Å²) in [5, 5.41) is 10.3. The fourth-order valence-electron chi connectivity index (χ4n) is 1.89. The number of likely N-dealkylation sites (N-methyl/N-ethyl adjacent to an activating group) is 1. The van der Waals surface area contributed by atoms with E-state index in [1.807, 2.05) is 19.0 Å². The molecule has 22 heavy (non-hydrogen) atoms. The number of H-pyrrole nitrogens is 1. The molecule has 2 aromatic rings. The average molecular weight is 302 g/mol. The van der Waals surface area contributed by atoms with Gasteiger partial charge in [0.05, 0.1) is 12.2 Å². The zero-order chi connectivity index (χ0) is 16.1. The summed E-state index contributed by atoms with van der Waals surface area (Å²) in [6, 6.07) is 8.58. The number of aromatic nitrogens is 2. The van der Waals surface area contributed by atoms with Gasteiger partial charge in [0.15, 0.2) is 0 Å². The third-order valence-electron chi connectivity index (χ3n) is 3.03. The number of rotatable bonds is 5. The molecule has 0 spiro atoms. The molecule has 0 aliphatic heterocycles.